The molecule has 0 saturated carbocycles. The highest BCUT2D eigenvalue weighted by Gasteiger charge is 2.36. The Morgan fingerprint density at radius 2 is 2.13 bits per heavy atom. The van der Waals surface area contributed by atoms with E-state index < -0.39 is 29.2 Å². The van der Waals surface area contributed by atoms with E-state index in [9.17, 15) is 18.0 Å². The molecule has 82 valence electrons. The van der Waals surface area contributed by atoms with Gasteiger partial charge in [-0.3, -0.25) is 0 Å². The summed E-state index contributed by atoms with van der Waals surface area (Å²) >= 11 is 0. The summed E-state index contributed by atoms with van der Waals surface area (Å²) in [5.41, 5.74) is -2.08. The van der Waals surface area contributed by atoms with E-state index in [2.05, 4.69) is 9.72 Å². The highest BCUT2D eigenvalue weighted by molar-refractivity contribution is 5.90. The number of aromatic hydroxyl groups is 1. The van der Waals surface area contributed by atoms with Crippen LogP contribution in [0.2, 0.25) is 0 Å². The van der Waals surface area contributed by atoms with Gasteiger partial charge in [0, 0.05) is 6.20 Å². The molecule has 1 N–H and O–H groups in total. The van der Waals surface area contributed by atoms with E-state index >= 15 is 0 Å². The van der Waals surface area contributed by atoms with Crippen molar-refractivity contribution in [1.29, 1.82) is 0 Å². The largest absolute Gasteiger partial charge is 0.505 e. The number of hydrogen-bond donors (Lipinski definition) is 1. The first-order chi connectivity index (χ1) is 6.88. The first-order valence-corrected chi connectivity index (χ1v) is 3.71. The molecule has 0 aromatic carbocycles. The van der Waals surface area contributed by atoms with Crippen molar-refractivity contribution in [3.8, 4) is 5.75 Å². The van der Waals surface area contributed by atoms with Crippen LogP contribution in [0.3, 0.4) is 0 Å². The number of rotatable bonds is 1. The van der Waals surface area contributed by atoms with Gasteiger partial charge in [-0.2, -0.15) is 13.2 Å². The molecule has 1 aromatic heterocycles. The molecule has 0 saturated heterocycles. The fourth-order valence-electron chi connectivity index (χ4n) is 0.929. The Balaban J connectivity index is 3.30. The van der Waals surface area contributed by atoms with Gasteiger partial charge in [0.1, 0.15) is 5.56 Å². The molecular weight excluding hydrogens is 215 g/mol. The van der Waals surface area contributed by atoms with E-state index in [1.807, 2.05) is 0 Å². The zero-order valence-corrected chi connectivity index (χ0v) is 7.50. The predicted molar refractivity (Wildman–Crippen MR) is 42.2 cm³/mol. The van der Waals surface area contributed by atoms with Crippen LogP contribution in [-0.4, -0.2) is 23.2 Å². The topological polar surface area (TPSA) is 59.4 Å². The molecule has 7 heteroatoms. The molecule has 0 aliphatic heterocycles. The number of aromatic nitrogens is 1. The molecule has 1 rings (SSSR count). The molecule has 0 spiro atoms. The summed E-state index contributed by atoms with van der Waals surface area (Å²) in [6, 6.07) is 0.571. The summed E-state index contributed by atoms with van der Waals surface area (Å²) < 4.78 is 40.9. The Morgan fingerprint density at radius 3 is 2.60 bits per heavy atom. The van der Waals surface area contributed by atoms with Crippen LogP contribution in [0.5, 0.6) is 5.75 Å². The number of ether oxygens (including phenoxy) is 1. The van der Waals surface area contributed by atoms with Gasteiger partial charge in [0.25, 0.3) is 0 Å². The first-order valence-electron chi connectivity index (χ1n) is 3.71. The van der Waals surface area contributed by atoms with Gasteiger partial charge in [0.15, 0.2) is 11.4 Å². The molecule has 0 fully saturated rings. The molecule has 0 amide bonds. The van der Waals surface area contributed by atoms with Crippen LogP contribution in [0, 0.1) is 0 Å². The van der Waals surface area contributed by atoms with Crippen LogP contribution in [0.4, 0.5) is 13.2 Å². The number of carbonyl (C=O) groups is 1. The molecule has 0 aliphatic carbocycles. The molecule has 0 atom stereocenters. The number of carbonyl (C=O) groups excluding carboxylic acids is 1. The van der Waals surface area contributed by atoms with Crippen LogP contribution >= 0.6 is 0 Å². The average Bonchev–Trinajstić information content (AvgIpc) is 2.15. The number of halogens is 3. The molecule has 15 heavy (non-hydrogen) atoms. The molecule has 4 nitrogen and oxygen atoms in total. The lowest BCUT2D eigenvalue weighted by molar-refractivity contribution is -0.138. The number of nitrogens with zero attached hydrogens (tertiary/aromatic N) is 1. The van der Waals surface area contributed by atoms with Crippen molar-refractivity contribution >= 4 is 5.97 Å². The molecule has 1 heterocycles. The van der Waals surface area contributed by atoms with E-state index in [0.29, 0.717) is 6.07 Å². The highest BCUT2D eigenvalue weighted by Crippen LogP contribution is 2.36. The second kappa shape index (κ2) is 3.76. The average molecular weight is 221 g/mol. The Kier molecular flexibility index (Phi) is 2.83. The maximum absolute atomic E-state index is 12.3. The van der Waals surface area contributed by atoms with Gasteiger partial charge in [-0.15, -0.1) is 0 Å². The summed E-state index contributed by atoms with van der Waals surface area (Å²) in [6.07, 6.45) is -3.97. The monoisotopic (exact) mass is 221 g/mol. The van der Waals surface area contributed by atoms with Gasteiger partial charge in [-0.05, 0) is 6.07 Å². The maximum atomic E-state index is 12.3. The zero-order chi connectivity index (χ0) is 11.6. The van der Waals surface area contributed by atoms with Gasteiger partial charge < -0.3 is 9.84 Å². The molecular formula is C8H6F3NO3. The van der Waals surface area contributed by atoms with Gasteiger partial charge in [-0.1, -0.05) is 0 Å². The van der Waals surface area contributed by atoms with E-state index in [1.54, 1.807) is 0 Å². The smallest absolute Gasteiger partial charge is 0.420 e. The van der Waals surface area contributed by atoms with Crippen LogP contribution < -0.4 is 0 Å². The molecule has 1 aromatic rings. The third kappa shape index (κ3) is 2.17. The summed E-state index contributed by atoms with van der Waals surface area (Å²) in [5, 5.41) is 9.14. The van der Waals surface area contributed by atoms with E-state index in [1.165, 1.54) is 0 Å². The van der Waals surface area contributed by atoms with E-state index in [0.717, 1.165) is 13.3 Å². The lowest BCUT2D eigenvalue weighted by atomic mass is 10.2. The molecule has 0 aliphatic rings. The van der Waals surface area contributed by atoms with Gasteiger partial charge in [0.2, 0.25) is 0 Å². The summed E-state index contributed by atoms with van der Waals surface area (Å²) in [7, 11) is 0.976. The van der Waals surface area contributed by atoms with Crippen molar-refractivity contribution in [1.82, 2.24) is 4.98 Å². The SMILES string of the molecule is COC(=O)c1nccc(C(F)(F)F)c1O. The van der Waals surface area contributed by atoms with E-state index in [4.69, 9.17) is 5.11 Å². The fraction of sp³-hybridized carbons (Fsp3) is 0.250. The summed E-state index contributed by atoms with van der Waals surface area (Å²) in [5.74, 6) is -2.35. The zero-order valence-electron chi connectivity index (χ0n) is 7.50. The van der Waals surface area contributed by atoms with Crippen molar-refractivity contribution in [3.63, 3.8) is 0 Å². The minimum atomic E-state index is -4.74. The summed E-state index contributed by atoms with van der Waals surface area (Å²) in [6.45, 7) is 0. The molecule has 0 bridgehead atoms. The van der Waals surface area contributed by atoms with Crippen molar-refractivity contribution in [2.45, 2.75) is 6.18 Å². The number of pyridine rings is 1. The minimum absolute atomic E-state index is 0.571. The molecule has 0 unspecified atom stereocenters. The second-order valence-electron chi connectivity index (χ2n) is 2.55. The van der Waals surface area contributed by atoms with E-state index in [-0.39, 0.29) is 0 Å². The lowest BCUT2D eigenvalue weighted by Crippen LogP contribution is -2.11. The Hall–Kier alpha value is -1.79. The molecule has 0 radical (unpaired) electrons. The number of methoxy groups -OCH3 is 1. The lowest BCUT2D eigenvalue weighted by Gasteiger charge is -2.09. The van der Waals surface area contributed by atoms with Gasteiger partial charge >= 0.3 is 12.1 Å². The maximum Gasteiger partial charge on any atom is 0.420 e. The number of hydrogen-bond acceptors (Lipinski definition) is 4. The fourth-order valence-corrected chi connectivity index (χ4v) is 0.929. The van der Waals surface area contributed by atoms with Crippen LogP contribution in [-0.2, 0) is 10.9 Å². The van der Waals surface area contributed by atoms with Crippen molar-refractivity contribution < 1.29 is 27.8 Å². The van der Waals surface area contributed by atoms with Crippen LogP contribution in [0.15, 0.2) is 12.3 Å². The normalized spacial score (nSPS) is 11.2. The van der Waals surface area contributed by atoms with Crippen molar-refractivity contribution in [2.75, 3.05) is 7.11 Å². The second-order valence-corrected chi connectivity index (χ2v) is 2.55. The first kappa shape index (κ1) is 11.3. The summed E-state index contributed by atoms with van der Waals surface area (Å²) in [4.78, 5) is 14.2. The number of alkyl halides is 3. The van der Waals surface area contributed by atoms with Crippen molar-refractivity contribution in [3.05, 3.63) is 23.5 Å². The van der Waals surface area contributed by atoms with Crippen molar-refractivity contribution in [2.24, 2.45) is 0 Å². The predicted octanol–water partition coefficient (Wildman–Crippen LogP) is 1.59. The standard InChI is InChI=1S/C8H6F3NO3/c1-15-7(14)5-6(13)4(2-3-12-5)8(9,10)11/h2-3,13H,1H3. The quantitative estimate of drug-likeness (QED) is 0.731. The van der Waals surface area contributed by atoms with Gasteiger partial charge in [-0.25, -0.2) is 9.78 Å². The Bertz CT molecular complexity index is 389. The third-order valence-electron chi connectivity index (χ3n) is 1.61. The number of esters is 1. The van der Waals surface area contributed by atoms with Crippen LogP contribution in [0.1, 0.15) is 16.1 Å². The Labute approximate surface area is 82.3 Å². The minimum Gasteiger partial charge on any atom is -0.505 e. The van der Waals surface area contributed by atoms with Crippen LogP contribution in [0.25, 0.3) is 0 Å². The van der Waals surface area contributed by atoms with Gasteiger partial charge in [0.05, 0.1) is 7.11 Å². The highest BCUT2D eigenvalue weighted by atomic mass is 19.4. The third-order valence-corrected chi connectivity index (χ3v) is 1.61. The Morgan fingerprint density at radius 1 is 1.53 bits per heavy atom.